The molecule has 2 aromatic carbocycles. The Morgan fingerprint density at radius 1 is 1.07 bits per heavy atom. The number of hydrogen-bond acceptors (Lipinski definition) is 2. The number of benzene rings is 2. The van der Waals surface area contributed by atoms with Gasteiger partial charge in [-0.05, 0) is 73.1 Å². The van der Waals surface area contributed by atoms with E-state index >= 15 is 0 Å². The molecular weight excluding hydrogens is 424 g/mol. The third-order valence-corrected chi connectivity index (χ3v) is 6.31. The van der Waals surface area contributed by atoms with Crippen molar-refractivity contribution in [3.05, 3.63) is 74.2 Å². The Labute approximate surface area is 173 Å². The van der Waals surface area contributed by atoms with Gasteiger partial charge in [-0.1, -0.05) is 51.3 Å². The predicted molar refractivity (Wildman–Crippen MR) is 113 cm³/mol. The van der Waals surface area contributed by atoms with E-state index < -0.39 is 0 Å². The van der Waals surface area contributed by atoms with Gasteiger partial charge < -0.3 is 4.74 Å². The van der Waals surface area contributed by atoms with Crippen LogP contribution in [-0.2, 0) is 22.4 Å². The third-order valence-electron chi connectivity index (χ3n) is 5.56. The molecule has 1 fully saturated rings. The van der Waals surface area contributed by atoms with Crippen LogP contribution in [0.25, 0.3) is 5.57 Å². The summed E-state index contributed by atoms with van der Waals surface area (Å²) in [5, 5.41) is 0.756. The number of ketones is 1. The monoisotopic (exact) mass is 444 g/mol. The Bertz CT molecular complexity index is 880. The minimum atomic E-state index is 0.0916. The average Bonchev–Trinajstić information content (AvgIpc) is 3.05. The molecule has 4 heteroatoms. The summed E-state index contributed by atoms with van der Waals surface area (Å²) in [5.74, 6) is 0.402. The first kappa shape index (κ1) is 18.9. The quantitative estimate of drug-likeness (QED) is 0.561. The molecule has 0 amide bonds. The van der Waals surface area contributed by atoms with Crippen molar-refractivity contribution in [2.45, 2.75) is 32.1 Å². The first-order valence-electron chi connectivity index (χ1n) is 9.49. The van der Waals surface area contributed by atoms with Crippen LogP contribution < -0.4 is 0 Å². The Balaban J connectivity index is 1.62. The van der Waals surface area contributed by atoms with Crippen molar-refractivity contribution in [1.29, 1.82) is 0 Å². The van der Waals surface area contributed by atoms with E-state index in [9.17, 15) is 4.79 Å². The number of Topliss-reactive ketones (excluding diaryl/α,β-unsaturated/α-hetero) is 1. The van der Waals surface area contributed by atoms with E-state index in [4.69, 9.17) is 16.3 Å². The van der Waals surface area contributed by atoms with Crippen LogP contribution in [-0.4, -0.2) is 19.0 Å². The van der Waals surface area contributed by atoms with E-state index in [0.717, 1.165) is 52.7 Å². The summed E-state index contributed by atoms with van der Waals surface area (Å²) in [6, 6.07) is 14.3. The molecule has 0 saturated carbocycles. The van der Waals surface area contributed by atoms with Gasteiger partial charge in [0.05, 0.1) is 0 Å². The van der Waals surface area contributed by atoms with E-state index in [0.29, 0.717) is 19.0 Å². The lowest BCUT2D eigenvalue weighted by Gasteiger charge is -2.22. The van der Waals surface area contributed by atoms with Crippen LogP contribution in [0.4, 0.5) is 0 Å². The second kappa shape index (κ2) is 8.30. The summed E-state index contributed by atoms with van der Waals surface area (Å²) in [5.41, 5.74) is 5.88. The van der Waals surface area contributed by atoms with E-state index in [2.05, 4.69) is 40.2 Å². The number of carbonyl (C=O) groups excluding carboxylic acids is 1. The van der Waals surface area contributed by atoms with Gasteiger partial charge in [0.2, 0.25) is 0 Å². The fourth-order valence-corrected chi connectivity index (χ4v) is 4.63. The van der Waals surface area contributed by atoms with Gasteiger partial charge >= 0.3 is 0 Å². The maximum absolute atomic E-state index is 13.4. The molecule has 2 aromatic rings. The van der Waals surface area contributed by atoms with Crippen LogP contribution in [0.3, 0.4) is 0 Å². The first-order valence-corrected chi connectivity index (χ1v) is 10.7. The van der Waals surface area contributed by atoms with Crippen molar-refractivity contribution in [1.82, 2.24) is 0 Å². The van der Waals surface area contributed by atoms with Crippen molar-refractivity contribution in [2.75, 3.05) is 13.2 Å². The first-order chi connectivity index (χ1) is 13.1. The maximum Gasteiger partial charge on any atom is 0.166 e. The van der Waals surface area contributed by atoms with Gasteiger partial charge in [-0.25, -0.2) is 0 Å². The van der Waals surface area contributed by atoms with Crippen LogP contribution in [0.5, 0.6) is 0 Å². The second-order valence-corrected chi connectivity index (χ2v) is 8.69. The van der Waals surface area contributed by atoms with E-state index in [1.807, 2.05) is 18.2 Å². The van der Waals surface area contributed by atoms with Gasteiger partial charge in [-0.2, -0.15) is 0 Å². The molecule has 1 saturated heterocycles. The highest BCUT2D eigenvalue weighted by Crippen LogP contribution is 2.39. The summed E-state index contributed by atoms with van der Waals surface area (Å²) in [6.45, 7) is 1.38. The Kier molecular flexibility index (Phi) is 5.82. The molecule has 0 aromatic heterocycles. The molecule has 0 bridgehead atoms. The predicted octanol–water partition coefficient (Wildman–Crippen LogP) is 6.04. The molecule has 140 valence electrons. The normalized spacial score (nSPS) is 17.3. The molecule has 0 atom stereocenters. The third kappa shape index (κ3) is 4.21. The van der Waals surface area contributed by atoms with Crippen LogP contribution >= 0.6 is 27.5 Å². The number of aryl methyl sites for hydroxylation is 1. The highest BCUT2D eigenvalue weighted by atomic mass is 79.9. The molecule has 1 heterocycles. The minimum Gasteiger partial charge on any atom is -0.381 e. The Hall–Kier alpha value is -1.42. The fourth-order valence-electron chi connectivity index (χ4n) is 4.09. The lowest BCUT2D eigenvalue weighted by atomic mass is 9.86. The topological polar surface area (TPSA) is 26.3 Å². The molecule has 0 radical (unpaired) electrons. The largest absolute Gasteiger partial charge is 0.381 e. The van der Waals surface area contributed by atoms with Gasteiger partial charge in [0.15, 0.2) is 5.78 Å². The van der Waals surface area contributed by atoms with Crippen LogP contribution in [0.2, 0.25) is 5.02 Å². The minimum absolute atomic E-state index is 0.0916. The molecular formula is C23H22BrClO2. The summed E-state index contributed by atoms with van der Waals surface area (Å²) in [4.78, 5) is 13.4. The van der Waals surface area contributed by atoms with Gasteiger partial charge in [0.25, 0.3) is 0 Å². The van der Waals surface area contributed by atoms with Crippen molar-refractivity contribution in [2.24, 2.45) is 5.92 Å². The summed E-state index contributed by atoms with van der Waals surface area (Å²) in [7, 11) is 0. The van der Waals surface area contributed by atoms with Crippen molar-refractivity contribution < 1.29 is 9.53 Å². The van der Waals surface area contributed by atoms with Crippen LogP contribution in [0.15, 0.2) is 52.5 Å². The number of carbonyl (C=O) groups is 1. The number of hydrogen-bond donors (Lipinski definition) is 0. The van der Waals surface area contributed by atoms with Crippen molar-refractivity contribution in [3.63, 3.8) is 0 Å². The number of rotatable bonds is 5. The molecule has 1 aliphatic carbocycles. The molecule has 0 spiro atoms. The Morgan fingerprint density at radius 3 is 2.56 bits per heavy atom. The zero-order valence-corrected chi connectivity index (χ0v) is 17.5. The maximum atomic E-state index is 13.4. The van der Waals surface area contributed by atoms with Crippen molar-refractivity contribution in [3.8, 4) is 0 Å². The highest BCUT2D eigenvalue weighted by molar-refractivity contribution is 9.10. The van der Waals surface area contributed by atoms with E-state index in [-0.39, 0.29) is 5.92 Å². The lowest BCUT2D eigenvalue weighted by Crippen LogP contribution is -2.24. The van der Waals surface area contributed by atoms with Crippen molar-refractivity contribution >= 4 is 38.9 Å². The highest BCUT2D eigenvalue weighted by Gasteiger charge is 2.31. The second-order valence-electron chi connectivity index (χ2n) is 7.33. The number of ether oxygens (including phenoxy) is 1. The molecule has 2 nitrogen and oxygen atoms in total. The Morgan fingerprint density at radius 2 is 1.81 bits per heavy atom. The SMILES string of the molecule is O=C(C1=C(CCc2ccc(Cl)cc2)Cc2cc(Br)ccc21)C1CCOCC1. The standard InChI is InChI=1S/C23H22BrClO2/c24-19-5-8-21-18(14-19)13-17(4-1-15-2-6-20(25)7-3-15)22(21)23(26)16-9-11-27-12-10-16/h2-3,5-8,14,16H,1,4,9-13H2. The van der Waals surface area contributed by atoms with Gasteiger partial charge in [0, 0.05) is 34.2 Å². The fraction of sp³-hybridized carbons (Fsp3) is 0.348. The summed E-state index contributed by atoms with van der Waals surface area (Å²) in [6.07, 6.45) is 4.36. The van der Waals surface area contributed by atoms with Gasteiger partial charge in [0.1, 0.15) is 0 Å². The number of halogens is 2. The van der Waals surface area contributed by atoms with Crippen LogP contribution in [0.1, 0.15) is 36.0 Å². The smallest absolute Gasteiger partial charge is 0.166 e. The van der Waals surface area contributed by atoms with Gasteiger partial charge in [-0.3, -0.25) is 4.79 Å². The van der Waals surface area contributed by atoms with Gasteiger partial charge in [-0.15, -0.1) is 0 Å². The average molecular weight is 446 g/mol. The molecule has 0 N–H and O–H groups in total. The van der Waals surface area contributed by atoms with E-state index in [1.165, 1.54) is 16.7 Å². The summed E-state index contributed by atoms with van der Waals surface area (Å²) >= 11 is 9.57. The van der Waals surface area contributed by atoms with E-state index in [1.54, 1.807) is 0 Å². The van der Waals surface area contributed by atoms with Crippen LogP contribution in [0, 0.1) is 5.92 Å². The summed E-state index contributed by atoms with van der Waals surface area (Å²) < 4.78 is 6.52. The molecule has 0 unspecified atom stereocenters. The number of allylic oxidation sites excluding steroid dienone is 2. The molecule has 2 aliphatic rings. The molecule has 1 aliphatic heterocycles. The number of fused-ring (bicyclic) bond motifs is 1. The zero-order valence-electron chi connectivity index (χ0n) is 15.1. The molecule has 27 heavy (non-hydrogen) atoms. The molecule has 4 rings (SSSR count). The lowest BCUT2D eigenvalue weighted by molar-refractivity contribution is -0.120. The zero-order chi connectivity index (χ0) is 18.8.